The molecule has 114 valence electrons. The quantitative estimate of drug-likeness (QED) is 0.900. The SMILES string of the molecule is COc1ccc(CN)cc1S(=O)(=O)N(C)CC(C)(C)C. The second-order valence-corrected chi connectivity index (χ2v) is 8.02. The summed E-state index contributed by atoms with van der Waals surface area (Å²) in [5.41, 5.74) is 6.22. The zero-order valence-corrected chi connectivity index (χ0v) is 13.6. The average Bonchev–Trinajstić information content (AvgIpc) is 2.35. The van der Waals surface area contributed by atoms with Crippen LogP contribution < -0.4 is 10.5 Å². The Morgan fingerprint density at radius 1 is 1.30 bits per heavy atom. The first-order valence-electron chi connectivity index (χ1n) is 6.45. The minimum Gasteiger partial charge on any atom is -0.495 e. The molecule has 0 aliphatic rings. The molecule has 0 atom stereocenters. The van der Waals surface area contributed by atoms with Crippen molar-refractivity contribution in [3.63, 3.8) is 0 Å². The number of hydrogen-bond donors (Lipinski definition) is 1. The van der Waals surface area contributed by atoms with Crippen LogP contribution in [0.5, 0.6) is 5.75 Å². The van der Waals surface area contributed by atoms with Crippen LogP contribution in [0.15, 0.2) is 23.1 Å². The summed E-state index contributed by atoms with van der Waals surface area (Å²) >= 11 is 0. The number of ether oxygens (including phenoxy) is 1. The summed E-state index contributed by atoms with van der Waals surface area (Å²) < 4.78 is 31.8. The number of nitrogens with two attached hydrogens (primary N) is 1. The summed E-state index contributed by atoms with van der Waals surface area (Å²) in [7, 11) is -0.558. The Kier molecular flexibility index (Phi) is 5.18. The molecule has 0 saturated carbocycles. The van der Waals surface area contributed by atoms with Crippen LogP contribution in [0.3, 0.4) is 0 Å². The molecule has 0 aromatic heterocycles. The second kappa shape index (κ2) is 6.11. The van der Waals surface area contributed by atoms with Crippen molar-refractivity contribution >= 4 is 10.0 Å². The van der Waals surface area contributed by atoms with E-state index in [9.17, 15) is 8.42 Å². The van der Waals surface area contributed by atoms with Gasteiger partial charge in [-0.05, 0) is 23.1 Å². The molecule has 0 heterocycles. The molecule has 0 fully saturated rings. The molecule has 0 bridgehead atoms. The standard InChI is InChI=1S/C14H24N2O3S/c1-14(2,3)10-16(4)20(17,18)13-8-11(9-15)6-7-12(13)19-5/h6-8H,9-10,15H2,1-5H3. The predicted molar refractivity (Wildman–Crippen MR) is 80.2 cm³/mol. The van der Waals surface area contributed by atoms with E-state index in [2.05, 4.69) is 0 Å². The third-order valence-electron chi connectivity index (χ3n) is 2.85. The first-order valence-corrected chi connectivity index (χ1v) is 7.89. The van der Waals surface area contributed by atoms with Gasteiger partial charge in [-0.25, -0.2) is 12.7 Å². The molecule has 0 saturated heterocycles. The number of hydrogen-bond acceptors (Lipinski definition) is 4. The van der Waals surface area contributed by atoms with Gasteiger partial charge in [0.25, 0.3) is 0 Å². The minimum atomic E-state index is -3.59. The molecule has 1 aromatic rings. The summed E-state index contributed by atoms with van der Waals surface area (Å²) in [5, 5.41) is 0. The van der Waals surface area contributed by atoms with Crippen LogP contribution in [0.25, 0.3) is 0 Å². The highest BCUT2D eigenvalue weighted by molar-refractivity contribution is 7.89. The van der Waals surface area contributed by atoms with Gasteiger partial charge >= 0.3 is 0 Å². The summed E-state index contributed by atoms with van der Waals surface area (Å²) in [4.78, 5) is 0.162. The van der Waals surface area contributed by atoms with Gasteiger partial charge in [0.05, 0.1) is 7.11 Å². The van der Waals surface area contributed by atoms with Gasteiger partial charge in [0.15, 0.2) is 0 Å². The Hall–Kier alpha value is -1.11. The van der Waals surface area contributed by atoms with Gasteiger partial charge in [0, 0.05) is 20.1 Å². The van der Waals surface area contributed by atoms with Crippen molar-refractivity contribution in [1.82, 2.24) is 4.31 Å². The summed E-state index contributed by atoms with van der Waals surface area (Å²) in [6, 6.07) is 4.98. The number of sulfonamides is 1. The van der Waals surface area contributed by atoms with Crippen LogP contribution in [0.4, 0.5) is 0 Å². The molecule has 0 aliphatic carbocycles. The highest BCUT2D eigenvalue weighted by atomic mass is 32.2. The Balaban J connectivity index is 3.26. The number of methoxy groups -OCH3 is 1. The molecule has 0 amide bonds. The second-order valence-electron chi connectivity index (χ2n) is 6.01. The Labute approximate surface area is 121 Å². The average molecular weight is 300 g/mol. The van der Waals surface area contributed by atoms with Crippen LogP contribution >= 0.6 is 0 Å². The molecule has 6 heteroatoms. The topological polar surface area (TPSA) is 72.6 Å². The van der Waals surface area contributed by atoms with E-state index in [1.54, 1.807) is 25.2 Å². The van der Waals surface area contributed by atoms with Gasteiger partial charge < -0.3 is 10.5 Å². The monoisotopic (exact) mass is 300 g/mol. The number of rotatable bonds is 5. The van der Waals surface area contributed by atoms with E-state index in [4.69, 9.17) is 10.5 Å². The van der Waals surface area contributed by atoms with E-state index in [0.717, 1.165) is 5.56 Å². The van der Waals surface area contributed by atoms with Crippen LogP contribution in [0, 0.1) is 5.41 Å². The van der Waals surface area contributed by atoms with Crippen LogP contribution in [0.2, 0.25) is 0 Å². The molecular formula is C14H24N2O3S. The van der Waals surface area contributed by atoms with E-state index in [1.807, 2.05) is 20.8 Å². The first kappa shape index (κ1) is 16.9. The lowest BCUT2D eigenvalue weighted by Gasteiger charge is -2.26. The molecule has 5 nitrogen and oxygen atoms in total. The van der Waals surface area contributed by atoms with Gasteiger partial charge in [0.2, 0.25) is 10.0 Å². The van der Waals surface area contributed by atoms with Gasteiger partial charge in [-0.15, -0.1) is 0 Å². The highest BCUT2D eigenvalue weighted by Crippen LogP contribution is 2.28. The Morgan fingerprint density at radius 3 is 2.35 bits per heavy atom. The molecule has 20 heavy (non-hydrogen) atoms. The lowest BCUT2D eigenvalue weighted by atomic mass is 9.97. The normalized spacial score (nSPS) is 12.8. The van der Waals surface area contributed by atoms with Gasteiger partial charge in [-0.2, -0.15) is 0 Å². The molecule has 0 radical (unpaired) electrons. The molecule has 2 N–H and O–H groups in total. The molecule has 1 aromatic carbocycles. The lowest BCUT2D eigenvalue weighted by molar-refractivity contribution is 0.309. The summed E-state index contributed by atoms with van der Waals surface area (Å²) in [6.45, 7) is 6.69. The van der Waals surface area contributed by atoms with Crippen molar-refractivity contribution in [2.75, 3.05) is 20.7 Å². The van der Waals surface area contributed by atoms with Crippen LogP contribution in [0.1, 0.15) is 26.3 Å². The van der Waals surface area contributed by atoms with E-state index < -0.39 is 10.0 Å². The van der Waals surface area contributed by atoms with E-state index >= 15 is 0 Å². The summed E-state index contributed by atoms with van der Waals surface area (Å²) in [6.07, 6.45) is 0. The number of benzene rings is 1. The zero-order valence-electron chi connectivity index (χ0n) is 12.8. The predicted octanol–water partition coefficient (Wildman–Crippen LogP) is 1.82. The van der Waals surface area contributed by atoms with Crippen molar-refractivity contribution in [1.29, 1.82) is 0 Å². The van der Waals surface area contributed by atoms with Gasteiger partial charge in [-0.1, -0.05) is 26.8 Å². The third-order valence-corrected chi connectivity index (χ3v) is 4.67. The third kappa shape index (κ3) is 3.94. The van der Waals surface area contributed by atoms with Gasteiger partial charge in [0.1, 0.15) is 10.6 Å². The molecular weight excluding hydrogens is 276 g/mol. The summed E-state index contributed by atoms with van der Waals surface area (Å²) in [5.74, 6) is 0.336. The molecule has 0 aliphatic heterocycles. The van der Waals surface area contributed by atoms with Crippen molar-refractivity contribution in [3.05, 3.63) is 23.8 Å². The number of nitrogens with zero attached hydrogens (tertiary/aromatic N) is 1. The maximum atomic E-state index is 12.7. The fourth-order valence-corrected chi connectivity index (χ4v) is 3.57. The van der Waals surface area contributed by atoms with Crippen molar-refractivity contribution in [2.45, 2.75) is 32.2 Å². The smallest absolute Gasteiger partial charge is 0.246 e. The molecule has 0 unspecified atom stereocenters. The Morgan fingerprint density at radius 2 is 1.90 bits per heavy atom. The van der Waals surface area contributed by atoms with E-state index in [0.29, 0.717) is 12.3 Å². The van der Waals surface area contributed by atoms with E-state index in [1.165, 1.54) is 11.4 Å². The van der Waals surface area contributed by atoms with Gasteiger partial charge in [-0.3, -0.25) is 0 Å². The van der Waals surface area contributed by atoms with Crippen molar-refractivity contribution < 1.29 is 13.2 Å². The Bertz CT molecular complexity index is 562. The maximum absolute atomic E-state index is 12.7. The molecule has 1 rings (SSSR count). The largest absolute Gasteiger partial charge is 0.495 e. The van der Waals surface area contributed by atoms with Crippen molar-refractivity contribution in [2.24, 2.45) is 11.1 Å². The zero-order chi connectivity index (χ0) is 15.6. The molecule has 0 spiro atoms. The maximum Gasteiger partial charge on any atom is 0.246 e. The van der Waals surface area contributed by atoms with Crippen LogP contribution in [-0.2, 0) is 16.6 Å². The van der Waals surface area contributed by atoms with Crippen molar-refractivity contribution in [3.8, 4) is 5.75 Å². The first-order chi connectivity index (χ1) is 9.11. The minimum absolute atomic E-state index is 0.124. The van der Waals surface area contributed by atoms with E-state index in [-0.39, 0.29) is 16.9 Å². The van der Waals surface area contributed by atoms with Crippen LogP contribution in [-0.4, -0.2) is 33.4 Å². The fraction of sp³-hybridized carbons (Fsp3) is 0.571. The fourth-order valence-electron chi connectivity index (χ4n) is 1.97. The lowest BCUT2D eigenvalue weighted by Crippen LogP contribution is -2.34. The highest BCUT2D eigenvalue weighted by Gasteiger charge is 2.28.